The second kappa shape index (κ2) is 13.7. The van der Waals surface area contributed by atoms with E-state index in [9.17, 15) is 8.42 Å². The summed E-state index contributed by atoms with van der Waals surface area (Å²) in [5.41, 5.74) is 8.39. The van der Waals surface area contributed by atoms with Crippen LogP contribution in [0.2, 0.25) is 0 Å². The van der Waals surface area contributed by atoms with Gasteiger partial charge in [-0.2, -0.15) is 8.42 Å². The Morgan fingerprint density at radius 3 is 2.00 bits per heavy atom. The molecule has 0 aliphatic rings. The summed E-state index contributed by atoms with van der Waals surface area (Å²) in [5.74, 6) is -0.481. The second-order valence-corrected chi connectivity index (χ2v) is 7.03. The molecule has 148 valence electrons. The molecule has 0 amide bonds. The van der Waals surface area contributed by atoms with E-state index in [4.69, 9.17) is 20.8 Å². The molecule has 0 aromatic heterocycles. The number of nitrogen functional groups attached to an aromatic ring is 1. The number of aliphatic hydroxyl groups is 1. The van der Waals surface area contributed by atoms with E-state index >= 15 is 0 Å². The smallest absolute Gasteiger partial charge is 0.267 e. The van der Waals surface area contributed by atoms with Crippen LogP contribution in [0.15, 0.2) is 54.6 Å². The van der Waals surface area contributed by atoms with E-state index in [0.717, 1.165) is 16.7 Å². The Labute approximate surface area is 161 Å². The van der Waals surface area contributed by atoms with Crippen molar-refractivity contribution in [1.82, 2.24) is 0 Å². The second-order valence-electron chi connectivity index (χ2n) is 5.46. The van der Waals surface area contributed by atoms with Gasteiger partial charge in [0, 0.05) is 5.56 Å². The highest BCUT2D eigenvalue weighted by atomic mass is 32.2. The molecular formula is C20H28N2O4S. The zero-order chi connectivity index (χ0) is 20.7. The van der Waals surface area contributed by atoms with Crippen LogP contribution in [0.25, 0.3) is 12.2 Å². The molecule has 0 fully saturated rings. The molecule has 2 rings (SSSR count). The minimum Gasteiger partial charge on any atom is -0.395 e. The van der Waals surface area contributed by atoms with Gasteiger partial charge < -0.3 is 10.8 Å². The minimum atomic E-state index is -3.92. The Hall–Kier alpha value is -2.48. The van der Waals surface area contributed by atoms with Crippen molar-refractivity contribution >= 4 is 28.1 Å². The molecule has 0 aliphatic heterocycles. The van der Waals surface area contributed by atoms with Crippen LogP contribution in [0.5, 0.6) is 0 Å². The first-order valence-corrected chi connectivity index (χ1v) is 10.1. The third-order valence-electron chi connectivity index (χ3n) is 2.86. The summed E-state index contributed by atoms with van der Waals surface area (Å²) >= 11 is 0. The first-order chi connectivity index (χ1) is 12.7. The molecule has 0 radical (unpaired) electrons. The molecule has 0 aliphatic carbocycles. The van der Waals surface area contributed by atoms with Gasteiger partial charge in [-0.3, -0.25) is 9.96 Å². The lowest BCUT2D eigenvalue weighted by molar-refractivity contribution is 0.315. The zero-order valence-corrected chi connectivity index (χ0v) is 16.5. The van der Waals surface area contributed by atoms with Gasteiger partial charge in [0.1, 0.15) is 5.84 Å². The third kappa shape index (κ3) is 12.5. The van der Waals surface area contributed by atoms with E-state index in [1.54, 1.807) is 0 Å². The molecule has 2 aromatic rings. The highest BCUT2D eigenvalue weighted by Gasteiger charge is 2.00. The van der Waals surface area contributed by atoms with E-state index in [1.165, 1.54) is 6.42 Å². The number of hydrogen-bond acceptors (Lipinski definition) is 4. The Balaban J connectivity index is 0.000000568. The Morgan fingerprint density at radius 1 is 1.04 bits per heavy atom. The van der Waals surface area contributed by atoms with Crippen molar-refractivity contribution in [1.29, 1.82) is 5.41 Å². The summed E-state index contributed by atoms with van der Waals surface area (Å²) in [7, 11) is -3.92. The molecule has 7 heteroatoms. The van der Waals surface area contributed by atoms with Crippen molar-refractivity contribution in [3.05, 3.63) is 71.3 Å². The van der Waals surface area contributed by atoms with E-state index in [2.05, 4.69) is 13.8 Å². The van der Waals surface area contributed by atoms with Crippen LogP contribution in [0.3, 0.4) is 0 Å². The summed E-state index contributed by atoms with van der Waals surface area (Å²) in [6, 6.07) is 17.7. The average Bonchev–Trinajstić information content (AvgIpc) is 2.61. The van der Waals surface area contributed by atoms with E-state index in [-0.39, 0.29) is 5.84 Å². The van der Waals surface area contributed by atoms with Crippen molar-refractivity contribution in [2.75, 3.05) is 12.4 Å². The molecule has 2 aromatic carbocycles. The number of benzene rings is 2. The van der Waals surface area contributed by atoms with E-state index in [1.807, 2.05) is 66.7 Å². The molecule has 6 nitrogen and oxygen atoms in total. The van der Waals surface area contributed by atoms with Crippen LogP contribution in [0.1, 0.15) is 37.0 Å². The lowest BCUT2D eigenvalue weighted by Gasteiger charge is -2.02. The summed E-state index contributed by atoms with van der Waals surface area (Å²) < 4.78 is 27.1. The van der Waals surface area contributed by atoms with Crippen molar-refractivity contribution in [3.8, 4) is 0 Å². The molecule has 0 saturated carbocycles. The van der Waals surface area contributed by atoms with Crippen LogP contribution in [0.4, 0.5) is 0 Å². The van der Waals surface area contributed by atoms with Crippen LogP contribution in [0, 0.1) is 5.41 Å². The van der Waals surface area contributed by atoms with Gasteiger partial charge in [-0.05, 0) is 11.1 Å². The van der Waals surface area contributed by atoms with Crippen LogP contribution < -0.4 is 5.73 Å². The Bertz CT molecular complexity index is 804. The molecular weight excluding hydrogens is 364 g/mol. The highest BCUT2D eigenvalue weighted by molar-refractivity contribution is 7.85. The maximum atomic E-state index is 9.63. The fraction of sp³-hybridized carbons (Fsp3) is 0.250. The van der Waals surface area contributed by atoms with Crippen molar-refractivity contribution in [2.45, 2.75) is 20.3 Å². The lowest BCUT2D eigenvalue weighted by Crippen LogP contribution is -2.12. The van der Waals surface area contributed by atoms with Gasteiger partial charge in [0.05, 0.1) is 12.4 Å². The highest BCUT2D eigenvalue weighted by Crippen LogP contribution is 2.12. The lowest BCUT2D eigenvalue weighted by atomic mass is 10.1. The molecule has 27 heavy (non-hydrogen) atoms. The number of rotatable bonds is 5. The summed E-state index contributed by atoms with van der Waals surface area (Å²) in [6.07, 6.45) is 5.24. The summed E-state index contributed by atoms with van der Waals surface area (Å²) in [4.78, 5) is 0. The van der Waals surface area contributed by atoms with Crippen molar-refractivity contribution < 1.29 is 18.1 Å². The quantitative estimate of drug-likeness (QED) is 0.268. The molecule has 0 bridgehead atoms. The molecule has 0 atom stereocenters. The molecule has 5 N–H and O–H groups in total. The molecule has 0 heterocycles. The Morgan fingerprint density at radius 2 is 1.56 bits per heavy atom. The van der Waals surface area contributed by atoms with Gasteiger partial charge in [0.15, 0.2) is 0 Å². The molecule has 0 spiro atoms. The molecule has 0 saturated heterocycles. The Kier molecular flexibility index (Phi) is 12.4. The maximum Gasteiger partial charge on any atom is 0.267 e. The van der Waals surface area contributed by atoms with Gasteiger partial charge in [0.2, 0.25) is 0 Å². The van der Waals surface area contributed by atoms with Gasteiger partial charge in [0.25, 0.3) is 10.1 Å². The largest absolute Gasteiger partial charge is 0.395 e. The predicted octanol–water partition coefficient (Wildman–Crippen LogP) is 3.42. The van der Waals surface area contributed by atoms with E-state index < -0.39 is 22.5 Å². The topological polar surface area (TPSA) is 124 Å². The number of nitrogens with one attached hydrogen (secondary N) is 1. The number of aliphatic hydroxyl groups excluding tert-OH is 1. The van der Waals surface area contributed by atoms with Gasteiger partial charge in [-0.1, -0.05) is 87.0 Å². The van der Waals surface area contributed by atoms with Crippen LogP contribution >= 0.6 is 0 Å². The van der Waals surface area contributed by atoms with Crippen molar-refractivity contribution in [3.63, 3.8) is 0 Å². The fourth-order valence-electron chi connectivity index (χ4n) is 1.75. The first-order valence-electron chi connectivity index (χ1n) is 8.47. The zero-order valence-electron chi connectivity index (χ0n) is 15.7. The van der Waals surface area contributed by atoms with Gasteiger partial charge >= 0.3 is 0 Å². The maximum absolute atomic E-state index is 9.63. The number of nitrogens with two attached hydrogens (primary N) is 1. The van der Waals surface area contributed by atoms with Crippen LogP contribution in [-0.2, 0) is 10.1 Å². The minimum absolute atomic E-state index is 0.0957. The fourth-order valence-corrected chi connectivity index (χ4v) is 1.98. The monoisotopic (exact) mass is 392 g/mol. The van der Waals surface area contributed by atoms with Crippen molar-refractivity contribution in [2.24, 2.45) is 5.73 Å². The number of amidine groups is 1. The average molecular weight is 393 g/mol. The third-order valence-corrected chi connectivity index (χ3v) is 3.55. The summed E-state index contributed by atoms with van der Waals surface area (Å²) in [5, 5.41) is 15.4. The normalized spacial score (nSPS) is 10.4. The van der Waals surface area contributed by atoms with Gasteiger partial charge in [-0.15, -0.1) is 0 Å². The predicted molar refractivity (Wildman–Crippen MR) is 112 cm³/mol. The summed E-state index contributed by atoms with van der Waals surface area (Å²) in [6.45, 7) is 3.72. The van der Waals surface area contributed by atoms with E-state index in [0.29, 0.717) is 0 Å². The van der Waals surface area contributed by atoms with Gasteiger partial charge in [-0.25, -0.2) is 0 Å². The van der Waals surface area contributed by atoms with Crippen LogP contribution in [-0.4, -0.2) is 36.3 Å². The standard InChI is InChI=1S/C15H14N2.C3H8.C2H6O4S/c16-15(17)14-9-5-4-8-13(14)11-10-12-6-2-1-3-7-12;1-3-2;3-1-2-7(4,5)6/h1-11H,(H3,16,17);3H2,1-2H3;3H,1-2H2,(H,4,5,6). The SMILES string of the molecule is CCC.N=C(N)c1ccccc1C=Cc1ccccc1.O=S(=O)(O)CCO. The molecule has 0 unspecified atom stereocenters. The number of hydrogen-bond donors (Lipinski definition) is 4. The first kappa shape index (κ1) is 24.5.